The second-order valence-electron chi connectivity index (χ2n) is 8.97. The lowest BCUT2D eigenvalue weighted by Gasteiger charge is -2.49. The van der Waals surface area contributed by atoms with Crippen LogP contribution in [0.4, 0.5) is 0 Å². The lowest BCUT2D eigenvalue weighted by Crippen LogP contribution is -2.60. The fourth-order valence-corrected chi connectivity index (χ4v) is 4.87. The molecule has 1 aromatic carbocycles. The molecule has 0 unspecified atom stereocenters. The smallest absolute Gasteiger partial charge is 0.222 e. The SMILES string of the molecule is CCOc1cccc(CN2CCN(C)[C@@]3(CCC(=O)N(CC4CC4)CC3)C2)c1. The van der Waals surface area contributed by atoms with E-state index in [9.17, 15) is 4.79 Å². The van der Waals surface area contributed by atoms with Crippen LogP contribution in [0.25, 0.3) is 0 Å². The van der Waals surface area contributed by atoms with E-state index < -0.39 is 0 Å². The summed E-state index contributed by atoms with van der Waals surface area (Å²) < 4.78 is 5.67. The summed E-state index contributed by atoms with van der Waals surface area (Å²) in [5.74, 6) is 2.11. The van der Waals surface area contributed by atoms with Crippen LogP contribution in [-0.2, 0) is 11.3 Å². The zero-order valence-corrected chi connectivity index (χ0v) is 17.5. The standard InChI is InChI=1S/C23H35N3O2/c1-3-28-21-6-4-5-20(15-21)16-25-14-13-24(2)23(18-25)10-9-22(27)26(12-11-23)17-19-7-8-19/h4-6,15,19H,3,7-14,16-18H2,1-2H3/t23-/m1/s1. The second kappa shape index (κ2) is 8.42. The number of nitrogens with zero attached hydrogens (tertiary/aromatic N) is 3. The molecule has 1 aliphatic carbocycles. The molecule has 0 radical (unpaired) electrons. The first-order valence-electron chi connectivity index (χ1n) is 11.0. The van der Waals surface area contributed by atoms with E-state index in [1.807, 2.05) is 13.0 Å². The number of likely N-dealkylation sites (tertiary alicyclic amines) is 1. The average molecular weight is 386 g/mol. The van der Waals surface area contributed by atoms with Gasteiger partial charge in [-0.15, -0.1) is 0 Å². The van der Waals surface area contributed by atoms with Crippen molar-refractivity contribution in [3.8, 4) is 5.75 Å². The van der Waals surface area contributed by atoms with Crippen LogP contribution in [0.5, 0.6) is 5.75 Å². The molecule has 5 heteroatoms. The summed E-state index contributed by atoms with van der Waals surface area (Å²) in [4.78, 5) is 19.9. The second-order valence-corrected chi connectivity index (χ2v) is 8.97. The number of piperazine rings is 1. The highest BCUT2D eigenvalue weighted by Crippen LogP contribution is 2.35. The van der Waals surface area contributed by atoms with Gasteiger partial charge in [-0.1, -0.05) is 12.1 Å². The van der Waals surface area contributed by atoms with Gasteiger partial charge in [0, 0.05) is 51.2 Å². The molecule has 1 spiro atoms. The maximum absolute atomic E-state index is 12.7. The number of amides is 1. The summed E-state index contributed by atoms with van der Waals surface area (Å²) in [7, 11) is 2.26. The van der Waals surface area contributed by atoms with E-state index in [0.29, 0.717) is 18.9 Å². The minimum Gasteiger partial charge on any atom is -0.494 e. The number of ether oxygens (including phenoxy) is 1. The fourth-order valence-electron chi connectivity index (χ4n) is 4.87. The molecule has 1 aromatic rings. The Hall–Kier alpha value is -1.59. The summed E-state index contributed by atoms with van der Waals surface area (Å²) in [6.45, 7) is 8.80. The topological polar surface area (TPSA) is 36.0 Å². The van der Waals surface area contributed by atoms with E-state index in [1.54, 1.807) is 0 Å². The van der Waals surface area contributed by atoms with Crippen molar-refractivity contribution in [2.45, 2.75) is 51.1 Å². The molecule has 3 aliphatic rings. The molecule has 5 nitrogen and oxygen atoms in total. The third-order valence-corrected chi connectivity index (χ3v) is 6.87. The molecule has 2 aliphatic heterocycles. The Labute approximate surface area is 169 Å². The van der Waals surface area contributed by atoms with E-state index >= 15 is 0 Å². The lowest BCUT2D eigenvalue weighted by atomic mass is 9.86. The maximum Gasteiger partial charge on any atom is 0.222 e. The first-order chi connectivity index (χ1) is 13.6. The van der Waals surface area contributed by atoms with Crippen LogP contribution in [0.15, 0.2) is 24.3 Å². The molecule has 154 valence electrons. The van der Waals surface area contributed by atoms with Gasteiger partial charge >= 0.3 is 0 Å². The zero-order chi connectivity index (χ0) is 19.6. The molecule has 0 bridgehead atoms. The van der Waals surface area contributed by atoms with Crippen molar-refractivity contribution in [2.24, 2.45) is 5.92 Å². The molecule has 2 heterocycles. The first-order valence-corrected chi connectivity index (χ1v) is 11.0. The Morgan fingerprint density at radius 2 is 2.04 bits per heavy atom. The average Bonchev–Trinajstić information content (AvgIpc) is 3.51. The van der Waals surface area contributed by atoms with E-state index in [2.05, 4.69) is 39.9 Å². The highest BCUT2D eigenvalue weighted by molar-refractivity contribution is 5.76. The zero-order valence-electron chi connectivity index (χ0n) is 17.5. The molecule has 4 rings (SSSR count). The predicted molar refractivity (Wildman–Crippen MR) is 111 cm³/mol. The molecular formula is C23H35N3O2. The normalized spacial score (nSPS) is 27.2. The highest BCUT2D eigenvalue weighted by Gasteiger charge is 2.42. The van der Waals surface area contributed by atoms with E-state index in [0.717, 1.165) is 63.8 Å². The summed E-state index contributed by atoms with van der Waals surface area (Å²) in [5.41, 5.74) is 1.44. The van der Waals surface area contributed by atoms with Crippen molar-refractivity contribution in [2.75, 3.05) is 46.4 Å². The Bertz CT molecular complexity index is 690. The van der Waals surface area contributed by atoms with Crippen LogP contribution in [0.1, 0.15) is 44.6 Å². The Morgan fingerprint density at radius 1 is 1.18 bits per heavy atom. The monoisotopic (exact) mass is 385 g/mol. The summed E-state index contributed by atoms with van der Waals surface area (Å²) in [5, 5.41) is 0. The molecule has 28 heavy (non-hydrogen) atoms. The van der Waals surface area contributed by atoms with Gasteiger partial charge in [-0.3, -0.25) is 14.6 Å². The summed E-state index contributed by atoms with van der Waals surface area (Å²) >= 11 is 0. The third-order valence-electron chi connectivity index (χ3n) is 6.87. The molecule has 0 N–H and O–H groups in total. The molecule has 3 fully saturated rings. The Balaban J connectivity index is 1.42. The van der Waals surface area contributed by atoms with Crippen LogP contribution in [-0.4, -0.2) is 72.5 Å². The minimum absolute atomic E-state index is 0.129. The predicted octanol–water partition coefficient (Wildman–Crippen LogP) is 2.99. The number of hydrogen-bond acceptors (Lipinski definition) is 4. The Kier molecular flexibility index (Phi) is 5.93. The lowest BCUT2D eigenvalue weighted by molar-refractivity contribution is -0.131. The van der Waals surface area contributed by atoms with Crippen LogP contribution < -0.4 is 4.74 Å². The van der Waals surface area contributed by atoms with Crippen molar-refractivity contribution in [1.29, 1.82) is 0 Å². The van der Waals surface area contributed by atoms with Crippen molar-refractivity contribution >= 4 is 5.91 Å². The summed E-state index contributed by atoms with van der Waals surface area (Å²) in [6.07, 6.45) is 5.40. The van der Waals surface area contributed by atoms with Crippen LogP contribution in [0, 0.1) is 5.92 Å². The van der Waals surface area contributed by atoms with Gasteiger partial charge in [0.2, 0.25) is 5.91 Å². The van der Waals surface area contributed by atoms with Gasteiger partial charge in [-0.05, 0) is 63.3 Å². The van der Waals surface area contributed by atoms with E-state index in [4.69, 9.17) is 4.74 Å². The number of benzene rings is 1. The van der Waals surface area contributed by atoms with Gasteiger partial charge < -0.3 is 9.64 Å². The van der Waals surface area contributed by atoms with Crippen LogP contribution in [0.2, 0.25) is 0 Å². The van der Waals surface area contributed by atoms with Gasteiger partial charge in [-0.25, -0.2) is 0 Å². The van der Waals surface area contributed by atoms with Crippen molar-refractivity contribution in [3.63, 3.8) is 0 Å². The number of hydrogen-bond donors (Lipinski definition) is 0. The largest absolute Gasteiger partial charge is 0.494 e. The Morgan fingerprint density at radius 3 is 2.82 bits per heavy atom. The third kappa shape index (κ3) is 4.52. The molecular weight excluding hydrogens is 350 g/mol. The van der Waals surface area contributed by atoms with Crippen LogP contribution in [0.3, 0.4) is 0 Å². The molecule has 0 aromatic heterocycles. The molecule has 1 atom stereocenters. The van der Waals surface area contributed by atoms with Crippen molar-refractivity contribution in [1.82, 2.24) is 14.7 Å². The number of carbonyl (C=O) groups is 1. The van der Waals surface area contributed by atoms with Crippen LogP contribution >= 0.6 is 0 Å². The van der Waals surface area contributed by atoms with Crippen molar-refractivity contribution in [3.05, 3.63) is 29.8 Å². The van der Waals surface area contributed by atoms with Crippen molar-refractivity contribution < 1.29 is 9.53 Å². The first kappa shape index (κ1) is 19.7. The molecule has 2 saturated heterocycles. The fraction of sp³-hybridized carbons (Fsp3) is 0.696. The number of carbonyl (C=O) groups excluding carboxylic acids is 1. The van der Waals surface area contributed by atoms with Gasteiger partial charge in [0.25, 0.3) is 0 Å². The van der Waals surface area contributed by atoms with Gasteiger partial charge in [-0.2, -0.15) is 0 Å². The number of rotatable bonds is 6. The molecule has 1 amide bonds. The van der Waals surface area contributed by atoms with Gasteiger partial charge in [0.15, 0.2) is 0 Å². The minimum atomic E-state index is 0.129. The van der Waals surface area contributed by atoms with Gasteiger partial charge in [0.05, 0.1) is 6.61 Å². The van der Waals surface area contributed by atoms with Gasteiger partial charge in [0.1, 0.15) is 5.75 Å². The van der Waals surface area contributed by atoms with E-state index in [1.165, 1.54) is 18.4 Å². The quantitative estimate of drug-likeness (QED) is 0.754. The number of likely N-dealkylation sites (N-methyl/N-ethyl adjacent to an activating group) is 1. The molecule has 1 saturated carbocycles. The van der Waals surface area contributed by atoms with E-state index in [-0.39, 0.29) is 5.54 Å². The summed E-state index contributed by atoms with van der Waals surface area (Å²) in [6, 6.07) is 8.49. The highest BCUT2D eigenvalue weighted by atomic mass is 16.5. The maximum atomic E-state index is 12.7.